The molecular formula is C15H21FN2O2. The molecule has 4 nitrogen and oxygen atoms in total. The molecule has 1 aliphatic rings. The Labute approximate surface area is 118 Å². The minimum absolute atomic E-state index is 0.0820. The summed E-state index contributed by atoms with van der Waals surface area (Å²) in [6.07, 6.45) is 2.92. The number of nitrogens with zero attached hydrogens (tertiary/aromatic N) is 1. The number of amides is 1. The smallest absolute Gasteiger partial charge is 0.254 e. The third-order valence-electron chi connectivity index (χ3n) is 3.39. The highest BCUT2D eigenvalue weighted by atomic mass is 19.1. The molecule has 0 radical (unpaired) electrons. The van der Waals surface area contributed by atoms with Crippen LogP contribution in [0.2, 0.25) is 0 Å². The number of hydrogen-bond donors (Lipinski definition) is 1. The Kier molecular flexibility index (Phi) is 4.95. The van der Waals surface area contributed by atoms with Crippen molar-refractivity contribution in [2.45, 2.75) is 32.3 Å². The molecule has 1 fully saturated rings. The number of carbonyl (C=O) groups excluding carboxylic acids is 1. The van der Waals surface area contributed by atoms with Gasteiger partial charge in [-0.15, -0.1) is 0 Å². The van der Waals surface area contributed by atoms with Gasteiger partial charge in [-0.25, -0.2) is 4.39 Å². The van der Waals surface area contributed by atoms with Crippen LogP contribution < -0.4 is 5.73 Å². The van der Waals surface area contributed by atoms with Crippen molar-refractivity contribution in [1.82, 2.24) is 4.90 Å². The van der Waals surface area contributed by atoms with Crippen LogP contribution in [0.1, 0.15) is 36.5 Å². The summed E-state index contributed by atoms with van der Waals surface area (Å²) in [5.74, 6) is -0.662. The first-order valence-corrected chi connectivity index (χ1v) is 7.07. The van der Waals surface area contributed by atoms with Crippen molar-refractivity contribution < 1.29 is 13.9 Å². The second-order valence-corrected chi connectivity index (χ2v) is 5.16. The standard InChI is InChI=1S/C15H21FN2O2/c1-2-6-20-14-4-3-5-18(10-14)15(19)11-7-12(16)9-13(17)8-11/h7-9,14H,2-6,10,17H2,1H3. The van der Waals surface area contributed by atoms with Crippen LogP contribution in [0.15, 0.2) is 18.2 Å². The Morgan fingerprint density at radius 3 is 3.00 bits per heavy atom. The summed E-state index contributed by atoms with van der Waals surface area (Å²) < 4.78 is 19.0. The lowest BCUT2D eigenvalue weighted by Gasteiger charge is -2.32. The van der Waals surface area contributed by atoms with Gasteiger partial charge in [0, 0.05) is 30.9 Å². The van der Waals surface area contributed by atoms with Crippen LogP contribution in [0.5, 0.6) is 0 Å². The average Bonchev–Trinajstić information content (AvgIpc) is 2.43. The Morgan fingerprint density at radius 2 is 2.30 bits per heavy atom. The van der Waals surface area contributed by atoms with Crippen LogP contribution in [0.4, 0.5) is 10.1 Å². The van der Waals surface area contributed by atoms with Gasteiger partial charge in [-0.1, -0.05) is 6.92 Å². The molecule has 0 bridgehead atoms. The summed E-state index contributed by atoms with van der Waals surface area (Å²) in [6, 6.07) is 3.96. The van der Waals surface area contributed by atoms with Gasteiger partial charge in [-0.2, -0.15) is 0 Å². The minimum Gasteiger partial charge on any atom is -0.399 e. The maximum Gasteiger partial charge on any atom is 0.254 e. The third-order valence-corrected chi connectivity index (χ3v) is 3.39. The van der Waals surface area contributed by atoms with E-state index in [0.29, 0.717) is 25.3 Å². The Bertz CT molecular complexity index is 459. The second kappa shape index (κ2) is 6.70. The van der Waals surface area contributed by atoms with E-state index in [1.807, 2.05) is 0 Å². The van der Waals surface area contributed by atoms with Crippen LogP contribution in [0.3, 0.4) is 0 Å². The van der Waals surface area contributed by atoms with Gasteiger partial charge in [0.05, 0.1) is 6.10 Å². The summed E-state index contributed by atoms with van der Waals surface area (Å²) in [7, 11) is 0. The van der Waals surface area contributed by atoms with E-state index in [1.54, 1.807) is 4.90 Å². The molecule has 1 unspecified atom stereocenters. The maximum absolute atomic E-state index is 13.3. The number of benzene rings is 1. The van der Waals surface area contributed by atoms with Crippen molar-refractivity contribution in [2.24, 2.45) is 0 Å². The molecule has 0 aliphatic carbocycles. The SMILES string of the molecule is CCCOC1CCCN(C(=O)c2cc(N)cc(F)c2)C1. The second-order valence-electron chi connectivity index (χ2n) is 5.16. The minimum atomic E-state index is -0.482. The summed E-state index contributed by atoms with van der Waals surface area (Å²) in [4.78, 5) is 14.1. The number of anilines is 1. The molecule has 1 atom stereocenters. The monoisotopic (exact) mass is 280 g/mol. The van der Waals surface area contributed by atoms with E-state index < -0.39 is 5.82 Å². The summed E-state index contributed by atoms with van der Waals surface area (Å²) in [5.41, 5.74) is 6.16. The number of nitrogens with two attached hydrogens (primary N) is 1. The Hall–Kier alpha value is -1.62. The molecule has 1 heterocycles. The van der Waals surface area contributed by atoms with Gasteiger partial charge in [0.15, 0.2) is 0 Å². The van der Waals surface area contributed by atoms with Crippen LogP contribution in [0.25, 0.3) is 0 Å². The van der Waals surface area contributed by atoms with Crippen LogP contribution >= 0.6 is 0 Å². The fourth-order valence-corrected chi connectivity index (χ4v) is 2.46. The van der Waals surface area contributed by atoms with Crippen molar-refractivity contribution in [2.75, 3.05) is 25.4 Å². The van der Waals surface area contributed by atoms with Gasteiger partial charge >= 0.3 is 0 Å². The normalized spacial score (nSPS) is 19.1. The molecule has 1 aliphatic heterocycles. The van der Waals surface area contributed by atoms with Gasteiger partial charge in [-0.3, -0.25) is 4.79 Å². The molecule has 1 amide bonds. The van der Waals surface area contributed by atoms with Gasteiger partial charge in [0.25, 0.3) is 5.91 Å². The Morgan fingerprint density at radius 1 is 1.50 bits per heavy atom. The van der Waals surface area contributed by atoms with Crippen LogP contribution in [-0.2, 0) is 4.74 Å². The quantitative estimate of drug-likeness (QED) is 0.862. The zero-order valence-corrected chi connectivity index (χ0v) is 11.8. The molecule has 110 valence electrons. The first-order chi connectivity index (χ1) is 9.60. The molecule has 1 saturated heterocycles. The highest BCUT2D eigenvalue weighted by Crippen LogP contribution is 2.18. The van der Waals surface area contributed by atoms with E-state index in [9.17, 15) is 9.18 Å². The van der Waals surface area contributed by atoms with Crippen LogP contribution in [0, 0.1) is 5.82 Å². The average molecular weight is 280 g/mol. The predicted octanol–water partition coefficient (Wildman–Crippen LogP) is 2.44. The first-order valence-electron chi connectivity index (χ1n) is 7.07. The number of piperidine rings is 1. The fraction of sp³-hybridized carbons (Fsp3) is 0.533. The number of likely N-dealkylation sites (tertiary alicyclic amines) is 1. The summed E-state index contributed by atoms with van der Waals surface area (Å²) in [6.45, 7) is 4.01. The third kappa shape index (κ3) is 3.70. The van der Waals surface area contributed by atoms with E-state index in [1.165, 1.54) is 18.2 Å². The van der Waals surface area contributed by atoms with Gasteiger partial charge < -0.3 is 15.4 Å². The van der Waals surface area contributed by atoms with E-state index in [0.717, 1.165) is 19.3 Å². The van der Waals surface area contributed by atoms with E-state index in [4.69, 9.17) is 10.5 Å². The van der Waals surface area contributed by atoms with E-state index >= 15 is 0 Å². The van der Waals surface area contributed by atoms with Crippen molar-refractivity contribution in [3.05, 3.63) is 29.6 Å². The number of halogens is 1. The summed E-state index contributed by atoms with van der Waals surface area (Å²) >= 11 is 0. The van der Waals surface area contributed by atoms with Gasteiger partial charge in [-0.05, 0) is 37.5 Å². The lowest BCUT2D eigenvalue weighted by Crippen LogP contribution is -2.43. The van der Waals surface area contributed by atoms with Crippen molar-refractivity contribution in [1.29, 1.82) is 0 Å². The molecule has 1 aromatic rings. The molecule has 0 saturated carbocycles. The predicted molar refractivity (Wildman–Crippen MR) is 76.0 cm³/mol. The number of hydrogen-bond acceptors (Lipinski definition) is 3. The zero-order chi connectivity index (χ0) is 14.5. The molecule has 5 heteroatoms. The molecule has 1 aromatic carbocycles. The van der Waals surface area contributed by atoms with E-state index in [2.05, 4.69) is 6.92 Å². The lowest BCUT2D eigenvalue weighted by atomic mass is 10.1. The molecule has 20 heavy (non-hydrogen) atoms. The highest BCUT2D eigenvalue weighted by molar-refractivity contribution is 5.95. The largest absolute Gasteiger partial charge is 0.399 e. The summed E-state index contributed by atoms with van der Waals surface area (Å²) in [5, 5.41) is 0. The molecular weight excluding hydrogens is 259 g/mol. The number of rotatable bonds is 4. The van der Waals surface area contributed by atoms with Crippen molar-refractivity contribution in [3.8, 4) is 0 Å². The number of nitrogen functional groups attached to an aromatic ring is 1. The van der Waals surface area contributed by atoms with Gasteiger partial charge in [0.1, 0.15) is 5.82 Å². The topological polar surface area (TPSA) is 55.6 Å². The number of carbonyl (C=O) groups is 1. The first kappa shape index (κ1) is 14.8. The fourth-order valence-electron chi connectivity index (χ4n) is 2.46. The molecule has 0 spiro atoms. The zero-order valence-electron chi connectivity index (χ0n) is 11.8. The van der Waals surface area contributed by atoms with Crippen molar-refractivity contribution >= 4 is 11.6 Å². The lowest BCUT2D eigenvalue weighted by molar-refractivity contribution is 0.00210. The molecule has 2 rings (SSSR count). The molecule has 2 N–H and O–H groups in total. The van der Waals surface area contributed by atoms with Crippen molar-refractivity contribution in [3.63, 3.8) is 0 Å². The Balaban J connectivity index is 2.04. The van der Waals surface area contributed by atoms with E-state index in [-0.39, 0.29) is 17.7 Å². The van der Waals surface area contributed by atoms with Crippen LogP contribution in [-0.4, -0.2) is 36.6 Å². The number of ether oxygens (including phenoxy) is 1. The highest BCUT2D eigenvalue weighted by Gasteiger charge is 2.25. The molecule has 0 aromatic heterocycles. The van der Waals surface area contributed by atoms with Gasteiger partial charge in [0.2, 0.25) is 0 Å². The maximum atomic E-state index is 13.3.